The number of hydrogen-bond acceptors (Lipinski definition) is 3. The molecule has 0 amide bonds. The van der Waals surface area contributed by atoms with E-state index in [4.69, 9.17) is 4.55 Å². The minimum Gasteiger partial charge on any atom is -0.367 e. The Labute approximate surface area is 102 Å². The van der Waals surface area contributed by atoms with E-state index in [1.807, 2.05) is 11.9 Å². The minimum atomic E-state index is -2.12. The molecule has 1 fully saturated rings. The van der Waals surface area contributed by atoms with E-state index in [9.17, 15) is 8.60 Å². The van der Waals surface area contributed by atoms with Gasteiger partial charge in [-0.25, -0.2) is 8.60 Å². The van der Waals surface area contributed by atoms with Crippen molar-refractivity contribution in [1.29, 1.82) is 0 Å². The predicted octanol–water partition coefficient (Wildman–Crippen LogP) is 1.16. The van der Waals surface area contributed by atoms with Crippen LogP contribution >= 0.6 is 0 Å². The van der Waals surface area contributed by atoms with Gasteiger partial charge in [0.15, 0.2) is 11.1 Å². The molecule has 1 atom stereocenters. The van der Waals surface area contributed by atoms with E-state index in [-0.39, 0.29) is 4.90 Å². The summed E-state index contributed by atoms with van der Waals surface area (Å²) >= 11 is -2.12. The van der Waals surface area contributed by atoms with Crippen LogP contribution in [0.5, 0.6) is 0 Å². The summed E-state index contributed by atoms with van der Waals surface area (Å²) in [5, 5.41) is 0. The molecule has 0 radical (unpaired) electrons. The maximum atomic E-state index is 13.8. The van der Waals surface area contributed by atoms with E-state index in [1.165, 1.54) is 6.07 Å². The smallest absolute Gasteiger partial charge is 0.186 e. The summed E-state index contributed by atoms with van der Waals surface area (Å²) in [5.74, 6) is -0.436. The molecule has 0 bridgehead atoms. The molecule has 0 aliphatic carbocycles. The van der Waals surface area contributed by atoms with Gasteiger partial charge in [0.25, 0.3) is 0 Å². The molecular formula is C11H15FN2O2S. The van der Waals surface area contributed by atoms with E-state index in [1.54, 1.807) is 6.07 Å². The van der Waals surface area contributed by atoms with Gasteiger partial charge in [-0.3, -0.25) is 0 Å². The summed E-state index contributed by atoms with van der Waals surface area (Å²) in [6.45, 7) is 3.34. The number of rotatable bonds is 2. The summed E-state index contributed by atoms with van der Waals surface area (Å²) in [6.07, 6.45) is 0. The zero-order valence-corrected chi connectivity index (χ0v) is 10.4. The summed E-state index contributed by atoms with van der Waals surface area (Å²) in [7, 11) is 2.03. The number of piperazine rings is 1. The zero-order valence-electron chi connectivity index (χ0n) is 9.60. The van der Waals surface area contributed by atoms with Crippen LogP contribution in [-0.2, 0) is 11.1 Å². The van der Waals surface area contributed by atoms with E-state index in [0.29, 0.717) is 5.69 Å². The van der Waals surface area contributed by atoms with Crippen LogP contribution in [0.3, 0.4) is 0 Å². The molecule has 94 valence electrons. The lowest BCUT2D eigenvalue weighted by atomic mass is 10.2. The lowest BCUT2D eigenvalue weighted by Crippen LogP contribution is -2.44. The number of halogens is 1. The summed E-state index contributed by atoms with van der Waals surface area (Å²) in [4.78, 5) is 4.24. The van der Waals surface area contributed by atoms with Crippen LogP contribution in [0.1, 0.15) is 0 Å². The predicted molar refractivity (Wildman–Crippen MR) is 65.1 cm³/mol. The number of hydrogen-bond donors (Lipinski definition) is 1. The lowest BCUT2D eigenvalue weighted by Gasteiger charge is -2.34. The van der Waals surface area contributed by atoms with Gasteiger partial charge in [-0.05, 0) is 25.2 Å². The quantitative estimate of drug-likeness (QED) is 0.808. The first-order valence-electron chi connectivity index (χ1n) is 5.42. The number of anilines is 1. The van der Waals surface area contributed by atoms with Crippen molar-refractivity contribution in [2.75, 3.05) is 38.1 Å². The molecule has 0 saturated carbocycles. The third-order valence-corrected chi connectivity index (χ3v) is 3.62. The van der Waals surface area contributed by atoms with E-state index in [0.717, 1.165) is 32.2 Å². The third kappa shape index (κ3) is 2.83. The average Bonchev–Trinajstić information content (AvgIpc) is 2.30. The highest BCUT2D eigenvalue weighted by Crippen LogP contribution is 2.22. The average molecular weight is 258 g/mol. The van der Waals surface area contributed by atoms with Crippen molar-refractivity contribution in [2.24, 2.45) is 0 Å². The molecule has 1 aliphatic heterocycles. The Hall–Kier alpha value is -0.980. The standard InChI is InChI=1S/C11H15FN2O2S/c1-13-4-6-14(7-5-13)11-3-2-9(17(15)16)8-10(11)12/h2-3,8H,4-7H2,1H3,(H,15,16). The second kappa shape index (κ2) is 5.12. The fraction of sp³-hybridized carbons (Fsp3) is 0.455. The van der Waals surface area contributed by atoms with Crippen molar-refractivity contribution < 1.29 is 13.2 Å². The molecule has 6 heteroatoms. The van der Waals surface area contributed by atoms with Crippen molar-refractivity contribution >= 4 is 16.8 Å². The molecule has 0 aromatic heterocycles. The van der Waals surface area contributed by atoms with Crippen LogP contribution in [0.25, 0.3) is 0 Å². The molecule has 1 aromatic carbocycles. The van der Waals surface area contributed by atoms with Crippen molar-refractivity contribution in [2.45, 2.75) is 4.90 Å². The highest BCUT2D eigenvalue weighted by Gasteiger charge is 2.17. The molecule has 4 nitrogen and oxygen atoms in total. The monoisotopic (exact) mass is 258 g/mol. The van der Waals surface area contributed by atoms with Crippen LogP contribution in [0.4, 0.5) is 10.1 Å². The molecule has 1 aliphatic rings. The highest BCUT2D eigenvalue weighted by molar-refractivity contribution is 7.79. The van der Waals surface area contributed by atoms with Crippen LogP contribution in [0.2, 0.25) is 0 Å². The summed E-state index contributed by atoms with van der Waals surface area (Å²) in [6, 6.07) is 4.20. The van der Waals surface area contributed by atoms with Crippen LogP contribution in [0.15, 0.2) is 23.1 Å². The Balaban J connectivity index is 2.19. The normalized spacial score (nSPS) is 19.4. The fourth-order valence-electron chi connectivity index (χ4n) is 1.90. The van der Waals surface area contributed by atoms with Gasteiger partial charge in [-0.15, -0.1) is 0 Å². The number of likely N-dealkylation sites (N-methyl/N-ethyl adjacent to an activating group) is 1. The number of nitrogens with zero attached hydrogens (tertiary/aromatic N) is 2. The van der Waals surface area contributed by atoms with Gasteiger partial charge < -0.3 is 14.4 Å². The lowest BCUT2D eigenvalue weighted by molar-refractivity contribution is 0.311. The second-order valence-electron chi connectivity index (χ2n) is 4.15. The molecular weight excluding hydrogens is 243 g/mol. The van der Waals surface area contributed by atoms with Crippen molar-refractivity contribution in [3.63, 3.8) is 0 Å². The maximum Gasteiger partial charge on any atom is 0.186 e. The Morgan fingerprint density at radius 2 is 1.94 bits per heavy atom. The van der Waals surface area contributed by atoms with E-state index < -0.39 is 16.9 Å². The molecule has 1 saturated heterocycles. The Morgan fingerprint density at radius 1 is 1.29 bits per heavy atom. The van der Waals surface area contributed by atoms with Crippen LogP contribution in [-0.4, -0.2) is 46.9 Å². The first kappa shape index (κ1) is 12.5. The van der Waals surface area contributed by atoms with Gasteiger partial charge in [-0.2, -0.15) is 0 Å². The molecule has 0 spiro atoms. The van der Waals surface area contributed by atoms with Crippen molar-refractivity contribution in [3.8, 4) is 0 Å². The van der Waals surface area contributed by atoms with Crippen molar-refractivity contribution in [1.82, 2.24) is 4.90 Å². The van der Waals surface area contributed by atoms with E-state index in [2.05, 4.69) is 4.90 Å². The summed E-state index contributed by atoms with van der Waals surface area (Å²) < 4.78 is 33.5. The van der Waals surface area contributed by atoms with Gasteiger partial charge in [-0.1, -0.05) is 0 Å². The Kier molecular flexibility index (Phi) is 3.76. The molecule has 1 unspecified atom stereocenters. The Bertz CT molecular complexity index is 433. The maximum absolute atomic E-state index is 13.8. The third-order valence-electron chi connectivity index (χ3n) is 2.96. The van der Waals surface area contributed by atoms with Crippen LogP contribution < -0.4 is 4.90 Å². The minimum absolute atomic E-state index is 0.0976. The first-order valence-corrected chi connectivity index (χ1v) is 6.52. The Morgan fingerprint density at radius 3 is 2.47 bits per heavy atom. The van der Waals surface area contributed by atoms with Gasteiger partial charge in [0, 0.05) is 26.2 Å². The van der Waals surface area contributed by atoms with Gasteiger partial charge in [0.05, 0.1) is 10.6 Å². The van der Waals surface area contributed by atoms with Gasteiger partial charge in [0.2, 0.25) is 0 Å². The van der Waals surface area contributed by atoms with Crippen LogP contribution in [0, 0.1) is 5.82 Å². The first-order chi connectivity index (χ1) is 8.08. The zero-order chi connectivity index (χ0) is 12.4. The van der Waals surface area contributed by atoms with Crippen molar-refractivity contribution in [3.05, 3.63) is 24.0 Å². The van der Waals surface area contributed by atoms with E-state index >= 15 is 0 Å². The molecule has 17 heavy (non-hydrogen) atoms. The second-order valence-corrected chi connectivity index (χ2v) is 5.12. The topological polar surface area (TPSA) is 43.8 Å². The van der Waals surface area contributed by atoms with Gasteiger partial charge >= 0.3 is 0 Å². The number of benzene rings is 1. The molecule has 2 rings (SSSR count). The molecule has 1 aromatic rings. The highest BCUT2D eigenvalue weighted by atomic mass is 32.2. The fourth-order valence-corrected chi connectivity index (χ4v) is 2.29. The largest absolute Gasteiger partial charge is 0.367 e. The molecule has 1 N–H and O–H groups in total. The molecule has 1 heterocycles. The van der Waals surface area contributed by atoms with Gasteiger partial charge in [0.1, 0.15) is 5.82 Å². The summed E-state index contributed by atoms with van der Waals surface area (Å²) in [5.41, 5.74) is 0.507. The SMILES string of the molecule is CN1CCN(c2ccc(S(=O)O)cc2F)CC1.